The number of hydrogen-bond donors (Lipinski definition) is 2. The quantitative estimate of drug-likeness (QED) is 0.840. The third-order valence-electron chi connectivity index (χ3n) is 4.62. The molecule has 0 spiro atoms. The number of rotatable bonds is 1. The number of aromatic hydroxyl groups is 1. The van der Waals surface area contributed by atoms with Crippen LogP contribution in [0.15, 0.2) is 36.4 Å². The summed E-state index contributed by atoms with van der Waals surface area (Å²) in [6.45, 7) is 0.385. The maximum atomic E-state index is 13.0. The third kappa shape index (κ3) is 2.11. The van der Waals surface area contributed by atoms with Gasteiger partial charge in [-0.05, 0) is 17.2 Å². The lowest BCUT2D eigenvalue weighted by Gasteiger charge is -2.34. The minimum absolute atomic E-state index is 0.118. The number of benzene rings is 2. The smallest absolute Gasteiger partial charge is 0.257 e. The van der Waals surface area contributed by atoms with Crippen molar-refractivity contribution in [1.82, 2.24) is 4.90 Å². The van der Waals surface area contributed by atoms with E-state index in [1.165, 1.54) is 19.2 Å². The monoisotopic (exact) mass is 324 g/mol. The first-order valence-corrected chi connectivity index (χ1v) is 7.68. The van der Waals surface area contributed by atoms with Crippen LogP contribution in [0.25, 0.3) is 0 Å². The van der Waals surface area contributed by atoms with Gasteiger partial charge in [0.1, 0.15) is 6.04 Å². The van der Waals surface area contributed by atoms with E-state index in [1.54, 1.807) is 4.90 Å². The highest BCUT2D eigenvalue weighted by Gasteiger charge is 2.39. The van der Waals surface area contributed by atoms with Gasteiger partial charge < -0.3 is 20.1 Å². The minimum Gasteiger partial charge on any atom is -0.504 e. The Morgan fingerprint density at radius 1 is 1.21 bits per heavy atom. The van der Waals surface area contributed by atoms with Crippen LogP contribution in [0.2, 0.25) is 0 Å². The van der Waals surface area contributed by atoms with E-state index < -0.39 is 6.04 Å². The number of nitrogens with one attached hydrogen (secondary N) is 1. The summed E-state index contributed by atoms with van der Waals surface area (Å²) in [5, 5.41) is 12.7. The second kappa shape index (κ2) is 5.26. The van der Waals surface area contributed by atoms with Crippen molar-refractivity contribution in [3.8, 4) is 11.5 Å². The zero-order valence-corrected chi connectivity index (χ0v) is 13.1. The maximum Gasteiger partial charge on any atom is 0.257 e. The summed E-state index contributed by atoms with van der Waals surface area (Å²) >= 11 is 0. The van der Waals surface area contributed by atoms with E-state index in [0.717, 1.165) is 11.1 Å². The normalized spacial score (nSPS) is 18.9. The van der Waals surface area contributed by atoms with Gasteiger partial charge in [-0.15, -0.1) is 0 Å². The van der Waals surface area contributed by atoms with Crippen molar-refractivity contribution < 1.29 is 19.4 Å². The molecule has 24 heavy (non-hydrogen) atoms. The Labute approximate surface area is 138 Å². The first-order chi connectivity index (χ1) is 11.6. The van der Waals surface area contributed by atoms with Crippen LogP contribution in [0.3, 0.4) is 0 Å². The second-order valence-corrected chi connectivity index (χ2v) is 5.98. The number of anilines is 1. The van der Waals surface area contributed by atoms with Crippen molar-refractivity contribution in [2.24, 2.45) is 0 Å². The molecule has 2 aromatic rings. The van der Waals surface area contributed by atoms with E-state index in [1.807, 2.05) is 24.3 Å². The summed E-state index contributed by atoms with van der Waals surface area (Å²) in [6, 6.07) is 10.1. The number of ether oxygens (including phenoxy) is 1. The number of hydrogen-bond acceptors (Lipinski definition) is 4. The molecule has 0 fully saturated rings. The summed E-state index contributed by atoms with van der Waals surface area (Å²) in [4.78, 5) is 27.2. The molecule has 2 heterocycles. The van der Waals surface area contributed by atoms with Gasteiger partial charge in [0.25, 0.3) is 5.91 Å². The average Bonchev–Trinajstić information content (AvgIpc) is 2.68. The topological polar surface area (TPSA) is 78.9 Å². The van der Waals surface area contributed by atoms with Crippen LogP contribution in [-0.2, 0) is 17.8 Å². The van der Waals surface area contributed by atoms with Crippen LogP contribution in [0, 0.1) is 0 Å². The number of phenols is 1. The van der Waals surface area contributed by atoms with Crippen LogP contribution in [0.1, 0.15) is 21.5 Å². The van der Waals surface area contributed by atoms with Crippen LogP contribution in [0.4, 0.5) is 5.69 Å². The fraction of sp³-hybridized carbons (Fsp3) is 0.222. The molecule has 2 amide bonds. The van der Waals surface area contributed by atoms with Crippen LogP contribution in [0.5, 0.6) is 11.5 Å². The zero-order valence-electron chi connectivity index (χ0n) is 13.1. The van der Waals surface area contributed by atoms with E-state index >= 15 is 0 Å². The first-order valence-electron chi connectivity index (χ1n) is 7.68. The van der Waals surface area contributed by atoms with Crippen molar-refractivity contribution in [2.45, 2.75) is 19.0 Å². The van der Waals surface area contributed by atoms with Gasteiger partial charge in [0, 0.05) is 19.0 Å². The summed E-state index contributed by atoms with van der Waals surface area (Å²) < 4.78 is 5.09. The highest BCUT2D eigenvalue weighted by Crippen LogP contribution is 2.36. The molecule has 0 bridgehead atoms. The molecular formula is C18H16N2O4. The van der Waals surface area contributed by atoms with Gasteiger partial charge in [-0.2, -0.15) is 0 Å². The van der Waals surface area contributed by atoms with Gasteiger partial charge in [-0.1, -0.05) is 24.3 Å². The molecule has 2 aliphatic rings. The molecule has 0 saturated heterocycles. The predicted molar refractivity (Wildman–Crippen MR) is 87.1 cm³/mol. The number of carbonyl (C=O) groups excluding carboxylic acids is 2. The Bertz CT molecular complexity index is 862. The Morgan fingerprint density at radius 3 is 2.71 bits per heavy atom. The van der Waals surface area contributed by atoms with Gasteiger partial charge in [0.2, 0.25) is 5.91 Å². The van der Waals surface area contributed by atoms with Gasteiger partial charge in [0.15, 0.2) is 11.5 Å². The van der Waals surface area contributed by atoms with Gasteiger partial charge in [-0.3, -0.25) is 9.59 Å². The number of methoxy groups -OCH3 is 1. The van der Waals surface area contributed by atoms with Crippen LogP contribution >= 0.6 is 0 Å². The van der Waals surface area contributed by atoms with Crippen molar-refractivity contribution >= 4 is 17.5 Å². The minimum atomic E-state index is -0.562. The van der Waals surface area contributed by atoms with E-state index in [4.69, 9.17) is 4.74 Å². The molecule has 6 nitrogen and oxygen atoms in total. The molecule has 2 aliphatic heterocycles. The van der Waals surface area contributed by atoms with E-state index in [2.05, 4.69) is 5.32 Å². The molecule has 0 saturated carbocycles. The number of amides is 2. The molecule has 1 atom stereocenters. The lowest BCUT2D eigenvalue weighted by molar-refractivity contribution is -0.120. The SMILES string of the molecule is COc1cc2c(cc1O)NC(=O)[C@@H]1Cc3ccccc3CN1C2=O. The lowest BCUT2D eigenvalue weighted by Crippen LogP contribution is -2.48. The van der Waals surface area contributed by atoms with Crippen LogP contribution < -0.4 is 10.1 Å². The average molecular weight is 324 g/mol. The van der Waals surface area contributed by atoms with Gasteiger partial charge >= 0.3 is 0 Å². The molecule has 2 N–H and O–H groups in total. The predicted octanol–water partition coefficient (Wildman–Crippen LogP) is 1.92. The van der Waals surface area contributed by atoms with Gasteiger partial charge in [0.05, 0.1) is 18.4 Å². The number of fused-ring (bicyclic) bond motifs is 3. The third-order valence-corrected chi connectivity index (χ3v) is 4.62. The largest absolute Gasteiger partial charge is 0.504 e. The van der Waals surface area contributed by atoms with Crippen molar-refractivity contribution in [3.05, 3.63) is 53.1 Å². The maximum absolute atomic E-state index is 13.0. The molecule has 6 heteroatoms. The second-order valence-electron chi connectivity index (χ2n) is 5.98. The lowest BCUT2D eigenvalue weighted by atomic mass is 9.93. The molecule has 2 aromatic carbocycles. The number of phenolic OH excluding ortho intramolecular Hbond substituents is 1. The molecule has 0 aliphatic carbocycles. The standard InChI is InChI=1S/C18H16N2O4/c1-24-16-7-12-13(8-15(16)21)19-17(22)14-6-10-4-2-3-5-11(10)9-20(14)18(12)23/h2-5,7-8,14,21H,6,9H2,1H3,(H,19,22)/t14-/m0/s1. The van der Waals surface area contributed by atoms with E-state index in [0.29, 0.717) is 24.2 Å². The first kappa shape index (κ1) is 14.6. The molecule has 0 unspecified atom stereocenters. The van der Waals surface area contributed by atoms with Crippen LogP contribution in [-0.4, -0.2) is 35.0 Å². The zero-order chi connectivity index (χ0) is 16.8. The highest BCUT2D eigenvalue weighted by molar-refractivity contribution is 6.10. The number of carbonyl (C=O) groups is 2. The summed E-state index contributed by atoms with van der Waals surface area (Å²) in [6.07, 6.45) is 0.477. The fourth-order valence-corrected chi connectivity index (χ4v) is 3.35. The fourth-order valence-electron chi connectivity index (χ4n) is 3.35. The summed E-state index contributed by atoms with van der Waals surface area (Å²) in [5.74, 6) is -0.415. The Balaban J connectivity index is 1.82. The molecular weight excluding hydrogens is 308 g/mol. The van der Waals surface area contributed by atoms with Crippen molar-refractivity contribution in [1.29, 1.82) is 0 Å². The van der Waals surface area contributed by atoms with Crippen molar-refractivity contribution in [3.63, 3.8) is 0 Å². The Hall–Kier alpha value is -3.02. The molecule has 122 valence electrons. The summed E-state index contributed by atoms with van der Waals surface area (Å²) in [5.41, 5.74) is 2.75. The molecule has 0 radical (unpaired) electrons. The molecule has 4 rings (SSSR count). The Morgan fingerprint density at radius 2 is 1.96 bits per heavy atom. The highest BCUT2D eigenvalue weighted by atomic mass is 16.5. The van der Waals surface area contributed by atoms with Gasteiger partial charge in [-0.25, -0.2) is 0 Å². The molecule has 0 aromatic heterocycles. The van der Waals surface area contributed by atoms with E-state index in [-0.39, 0.29) is 23.3 Å². The number of nitrogens with zero attached hydrogens (tertiary/aromatic N) is 1. The summed E-state index contributed by atoms with van der Waals surface area (Å²) in [7, 11) is 1.42. The van der Waals surface area contributed by atoms with E-state index in [9.17, 15) is 14.7 Å². The Kier molecular flexibility index (Phi) is 3.19. The van der Waals surface area contributed by atoms with Crippen molar-refractivity contribution in [2.75, 3.05) is 12.4 Å².